The van der Waals surface area contributed by atoms with Gasteiger partial charge in [-0.1, -0.05) is 37.3 Å². The van der Waals surface area contributed by atoms with E-state index in [4.69, 9.17) is 5.84 Å². The number of rotatable bonds is 6. The minimum Gasteiger partial charge on any atom is -0.370 e. The molecule has 1 aromatic carbocycles. The Hall–Kier alpha value is -2.14. The second-order valence-electron chi connectivity index (χ2n) is 4.21. The van der Waals surface area contributed by atoms with E-state index in [1.807, 2.05) is 31.2 Å². The van der Waals surface area contributed by atoms with Gasteiger partial charge < -0.3 is 10.7 Å². The fourth-order valence-corrected chi connectivity index (χ4v) is 1.80. The van der Waals surface area contributed by atoms with Crippen LogP contribution in [-0.2, 0) is 12.8 Å². The topological polar surface area (TPSA) is 75.9 Å². The molecule has 0 amide bonds. The first-order valence-electron chi connectivity index (χ1n) is 6.44. The molecule has 0 aliphatic heterocycles. The summed E-state index contributed by atoms with van der Waals surface area (Å²) in [5.41, 5.74) is 3.86. The summed E-state index contributed by atoms with van der Waals surface area (Å²) in [5.74, 6) is 7.60. The number of hydrogen-bond donors (Lipinski definition) is 3. The molecule has 1 aromatic heterocycles. The fraction of sp³-hybridized carbons (Fsp3) is 0.286. The van der Waals surface area contributed by atoms with Crippen molar-refractivity contribution in [2.75, 3.05) is 17.3 Å². The maximum atomic E-state index is 5.39. The van der Waals surface area contributed by atoms with Crippen molar-refractivity contribution in [1.29, 1.82) is 0 Å². The first-order chi connectivity index (χ1) is 9.31. The van der Waals surface area contributed by atoms with E-state index in [9.17, 15) is 0 Å². The number of nitrogens with two attached hydrogens (primary N) is 1. The van der Waals surface area contributed by atoms with Crippen molar-refractivity contribution in [1.82, 2.24) is 9.97 Å². The number of anilines is 2. The van der Waals surface area contributed by atoms with Gasteiger partial charge in [0.2, 0.25) is 0 Å². The van der Waals surface area contributed by atoms with Crippen LogP contribution in [0.25, 0.3) is 0 Å². The number of nitrogen functional groups attached to an aromatic ring is 1. The van der Waals surface area contributed by atoms with Crippen LogP contribution in [0.3, 0.4) is 0 Å². The van der Waals surface area contributed by atoms with Crippen molar-refractivity contribution in [3.63, 3.8) is 0 Å². The van der Waals surface area contributed by atoms with Gasteiger partial charge in [-0.2, -0.15) is 0 Å². The number of nitrogens with zero attached hydrogens (tertiary/aromatic N) is 2. The van der Waals surface area contributed by atoms with Crippen LogP contribution >= 0.6 is 0 Å². The summed E-state index contributed by atoms with van der Waals surface area (Å²) in [7, 11) is 0. The summed E-state index contributed by atoms with van der Waals surface area (Å²) in [4.78, 5) is 8.66. The van der Waals surface area contributed by atoms with Crippen molar-refractivity contribution in [2.45, 2.75) is 19.8 Å². The van der Waals surface area contributed by atoms with E-state index in [2.05, 4.69) is 32.8 Å². The van der Waals surface area contributed by atoms with Crippen LogP contribution in [0, 0.1) is 0 Å². The first-order valence-corrected chi connectivity index (χ1v) is 6.44. The molecule has 0 unspecified atom stereocenters. The third-order valence-electron chi connectivity index (χ3n) is 2.80. The summed E-state index contributed by atoms with van der Waals surface area (Å²) in [6.07, 6.45) is 1.74. The van der Waals surface area contributed by atoms with Gasteiger partial charge >= 0.3 is 0 Å². The molecule has 5 nitrogen and oxygen atoms in total. The quantitative estimate of drug-likeness (QED) is 0.545. The zero-order chi connectivity index (χ0) is 13.5. The maximum absolute atomic E-state index is 5.39. The largest absolute Gasteiger partial charge is 0.370 e. The lowest BCUT2D eigenvalue weighted by Crippen LogP contribution is -2.13. The number of hydrazine groups is 1. The molecule has 2 rings (SSSR count). The molecule has 2 aromatic rings. The smallest absolute Gasteiger partial charge is 0.145 e. The molecular weight excluding hydrogens is 238 g/mol. The van der Waals surface area contributed by atoms with Crippen molar-refractivity contribution >= 4 is 11.6 Å². The Balaban J connectivity index is 1.95. The van der Waals surface area contributed by atoms with Gasteiger partial charge in [-0.15, -0.1) is 0 Å². The highest BCUT2D eigenvalue weighted by Gasteiger charge is 2.02. The second kappa shape index (κ2) is 6.70. The highest BCUT2D eigenvalue weighted by molar-refractivity contribution is 5.46. The van der Waals surface area contributed by atoms with Gasteiger partial charge in [-0.3, -0.25) is 0 Å². The third-order valence-corrected chi connectivity index (χ3v) is 2.80. The van der Waals surface area contributed by atoms with E-state index in [1.54, 1.807) is 0 Å². The highest BCUT2D eigenvalue weighted by atomic mass is 15.3. The molecule has 0 saturated carbocycles. The molecule has 5 heteroatoms. The molecule has 0 spiro atoms. The summed E-state index contributed by atoms with van der Waals surface area (Å²) in [6, 6.07) is 12.2. The van der Waals surface area contributed by atoms with E-state index in [0.29, 0.717) is 5.82 Å². The number of nitrogens with one attached hydrogen (secondary N) is 2. The van der Waals surface area contributed by atoms with Gasteiger partial charge in [0.1, 0.15) is 17.5 Å². The van der Waals surface area contributed by atoms with E-state index in [0.717, 1.165) is 31.0 Å². The van der Waals surface area contributed by atoms with E-state index in [-0.39, 0.29) is 0 Å². The molecule has 0 aliphatic carbocycles. The monoisotopic (exact) mass is 257 g/mol. The van der Waals surface area contributed by atoms with E-state index >= 15 is 0 Å². The molecule has 0 atom stereocenters. The number of hydrogen-bond acceptors (Lipinski definition) is 5. The lowest BCUT2D eigenvalue weighted by Gasteiger charge is -2.09. The Morgan fingerprint density at radius 1 is 1.11 bits per heavy atom. The minimum atomic E-state index is 0.633. The lowest BCUT2D eigenvalue weighted by atomic mass is 10.1. The first kappa shape index (κ1) is 13.3. The van der Waals surface area contributed by atoms with Gasteiger partial charge in [-0.25, -0.2) is 15.8 Å². The van der Waals surface area contributed by atoms with Gasteiger partial charge in [0.25, 0.3) is 0 Å². The average molecular weight is 257 g/mol. The zero-order valence-electron chi connectivity index (χ0n) is 11.1. The standard InChI is InChI=1S/C14H19N5/c1-2-12-17-13(10-14(18-12)19-15)16-9-8-11-6-4-3-5-7-11/h3-7,10H,2,8-9,15H2,1H3,(H2,16,17,18,19). The Kier molecular flexibility index (Phi) is 4.69. The summed E-state index contributed by atoms with van der Waals surface area (Å²) < 4.78 is 0. The molecule has 0 bridgehead atoms. The van der Waals surface area contributed by atoms with E-state index in [1.165, 1.54) is 5.56 Å². The Labute approximate surface area is 113 Å². The van der Waals surface area contributed by atoms with E-state index < -0.39 is 0 Å². The molecule has 0 saturated heterocycles. The Morgan fingerprint density at radius 2 is 1.84 bits per heavy atom. The minimum absolute atomic E-state index is 0.633. The molecule has 0 aliphatic rings. The predicted octanol–water partition coefficient (Wildman–Crippen LogP) is 1.98. The fourth-order valence-electron chi connectivity index (χ4n) is 1.80. The number of aryl methyl sites for hydroxylation is 1. The van der Waals surface area contributed by atoms with Crippen molar-refractivity contribution < 1.29 is 0 Å². The van der Waals surface area contributed by atoms with Crippen molar-refractivity contribution in [3.05, 3.63) is 47.8 Å². The molecule has 1 heterocycles. The Morgan fingerprint density at radius 3 is 2.53 bits per heavy atom. The molecule has 0 radical (unpaired) electrons. The maximum Gasteiger partial charge on any atom is 0.145 e. The Bertz CT molecular complexity index is 490. The van der Waals surface area contributed by atoms with Gasteiger partial charge in [0.05, 0.1) is 0 Å². The third kappa shape index (κ3) is 3.93. The normalized spacial score (nSPS) is 10.2. The highest BCUT2D eigenvalue weighted by Crippen LogP contribution is 2.11. The van der Waals surface area contributed by atoms with Crippen LogP contribution in [-0.4, -0.2) is 16.5 Å². The van der Waals surface area contributed by atoms with Crippen LogP contribution in [0.15, 0.2) is 36.4 Å². The lowest BCUT2D eigenvalue weighted by molar-refractivity contribution is 0.924. The number of aromatic nitrogens is 2. The van der Waals surface area contributed by atoms with Gasteiger partial charge in [0.15, 0.2) is 0 Å². The second-order valence-corrected chi connectivity index (χ2v) is 4.21. The summed E-state index contributed by atoms with van der Waals surface area (Å²) in [6.45, 7) is 2.84. The molecular formula is C14H19N5. The summed E-state index contributed by atoms with van der Waals surface area (Å²) in [5, 5.41) is 3.30. The van der Waals surface area contributed by atoms with Gasteiger partial charge in [0, 0.05) is 19.0 Å². The van der Waals surface area contributed by atoms with Crippen LogP contribution < -0.4 is 16.6 Å². The van der Waals surface area contributed by atoms with Crippen LogP contribution in [0.5, 0.6) is 0 Å². The predicted molar refractivity (Wildman–Crippen MR) is 77.9 cm³/mol. The van der Waals surface area contributed by atoms with Crippen molar-refractivity contribution in [2.24, 2.45) is 5.84 Å². The molecule has 19 heavy (non-hydrogen) atoms. The molecule has 100 valence electrons. The number of benzene rings is 1. The molecule has 0 fully saturated rings. The van der Waals surface area contributed by atoms with Crippen LogP contribution in [0.1, 0.15) is 18.3 Å². The summed E-state index contributed by atoms with van der Waals surface area (Å²) >= 11 is 0. The van der Waals surface area contributed by atoms with Gasteiger partial charge in [-0.05, 0) is 12.0 Å². The zero-order valence-corrected chi connectivity index (χ0v) is 11.1. The SMILES string of the molecule is CCc1nc(NN)cc(NCCc2ccccc2)n1. The average Bonchev–Trinajstić information content (AvgIpc) is 2.48. The van der Waals surface area contributed by atoms with Crippen LogP contribution in [0.2, 0.25) is 0 Å². The van der Waals surface area contributed by atoms with Crippen molar-refractivity contribution in [3.8, 4) is 0 Å². The molecule has 4 N–H and O–H groups in total. The van der Waals surface area contributed by atoms with Crippen LogP contribution in [0.4, 0.5) is 11.6 Å².